The molecular weight excluding hydrogens is 318 g/mol. The van der Waals surface area contributed by atoms with Crippen LogP contribution in [-0.2, 0) is 0 Å². The Balaban J connectivity index is 1.87. The van der Waals surface area contributed by atoms with E-state index >= 15 is 0 Å². The first-order valence-corrected chi connectivity index (χ1v) is 8.47. The first-order valence-electron chi connectivity index (χ1n) is 8.47. The highest BCUT2D eigenvalue weighted by Crippen LogP contribution is 2.33. The molecule has 3 heteroatoms. The molecule has 0 aliphatic rings. The summed E-state index contributed by atoms with van der Waals surface area (Å²) in [5.41, 5.74) is 6.91. The molecule has 26 heavy (non-hydrogen) atoms. The Bertz CT molecular complexity index is 1070. The molecule has 0 aliphatic carbocycles. The molecule has 0 bridgehead atoms. The first kappa shape index (κ1) is 15.9. The third-order valence-electron chi connectivity index (χ3n) is 4.38. The fraction of sp³-hybridized carbons (Fsp3) is 0.0435. The van der Waals surface area contributed by atoms with Gasteiger partial charge in [-0.1, -0.05) is 60.2 Å². The Hall–Kier alpha value is -3.64. The topological polar surface area (TPSA) is 52.5 Å². The Kier molecular flexibility index (Phi) is 4.09. The summed E-state index contributed by atoms with van der Waals surface area (Å²) in [6, 6.07) is 28.2. The molecule has 0 spiro atoms. The molecule has 1 heterocycles. The number of aromatic nitrogens is 2. The van der Waals surface area contributed by atoms with Crippen LogP contribution in [0.15, 0.2) is 78.9 Å². The number of imidazole rings is 1. The number of nitrogens with one attached hydrogen (secondary N) is 1. The van der Waals surface area contributed by atoms with Crippen molar-refractivity contribution in [3.63, 3.8) is 0 Å². The van der Waals surface area contributed by atoms with Crippen molar-refractivity contribution in [1.29, 1.82) is 5.26 Å². The first-order chi connectivity index (χ1) is 12.7. The van der Waals surface area contributed by atoms with Crippen LogP contribution >= 0.6 is 0 Å². The maximum Gasteiger partial charge on any atom is 0.138 e. The van der Waals surface area contributed by atoms with Gasteiger partial charge in [0.1, 0.15) is 5.82 Å². The van der Waals surface area contributed by atoms with E-state index in [0.717, 1.165) is 33.9 Å². The molecule has 0 amide bonds. The van der Waals surface area contributed by atoms with Crippen molar-refractivity contribution in [2.45, 2.75) is 6.92 Å². The summed E-state index contributed by atoms with van der Waals surface area (Å²) in [5.74, 6) is 0.795. The van der Waals surface area contributed by atoms with Gasteiger partial charge in [0.25, 0.3) is 0 Å². The van der Waals surface area contributed by atoms with Gasteiger partial charge in [0.15, 0.2) is 0 Å². The van der Waals surface area contributed by atoms with Crippen molar-refractivity contribution in [2.24, 2.45) is 0 Å². The standard InChI is InChI=1S/C23H17N3/c1-16-7-11-19(12-8-16)22-21(18-5-3-2-4-6-18)25-23(26-22)20-13-9-17(15-24)10-14-20/h2-14H,1H3,(H,25,26). The van der Waals surface area contributed by atoms with E-state index in [4.69, 9.17) is 10.2 Å². The lowest BCUT2D eigenvalue weighted by molar-refractivity contribution is 1.31. The molecule has 0 saturated carbocycles. The summed E-state index contributed by atoms with van der Waals surface area (Å²) in [6.07, 6.45) is 0. The molecule has 0 fully saturated rings. The number of hydrogen-bond acceptors (Lipinski definition) is 2. The number of rotatable bonds is 3. The van der Waals surface area contributed by atoms with Crippen LogP contribution in [0.5, 0.6) is 0 Å². The molecule has 1 aromatic heterocycles. The van der Waals surface area contributed by atoms with Crippen LogP contribution in [0.3, 0.4) is 0 Å². The molecule has 0 atom stereocenters. The highest BCUT2D eigenvalue weighted by Gasteiger charge is 2.15. The predicted octanol–water partition coefficient (Wildman–Crippen LogP) is 5.59. The van der Waals surface area contributed by atoms with Gasteiger partial charge in [-0.05, 0) is 31.2 Å². The second-order valence-electron chi connectivity index (χ2n) is 6.23. The fourth-order valence-electron chi connectivity index (χ4n) is 2.95. The summed E-state index contributed by atoms with van der Waals surface area (Å²) < 4.78 is 0. The van der Waals surface area contributed by atoms with Gasteiger partial charge < -0.3 is 4.98 Å². The van der Waals surface area contributed by atoms with E-state index in [1.807, 2.05) is 42.5 Å². The SMILES string of the molecule is Cc1ccc(-c2[nH]c(-c3ccc(C#N)cc3)nc2-c2ccccc2)cc1. The Morgan fingerprint density at radius 3 is 2.08 bits per heavy atom. The minimum atomic E-state index is 0.641. The van der Waals surface area contributed by atoms with Gasteiger partial charge in [-0.25, -0.2) is 4.98 Å². The van der Waals surface area contributed by atoms with Crippen molar-refractivity contribution in [3.8, 4) is 40.0 Å². The largest absolute Gasteiger partial charge is 0.337 e. The highest BCUT2D eigenvalue weighted by molar-refractivity contribution is 5.81. The fourth-order valence-corrected chi connectivity index (χ4v) is 2.95. The van der Waals surface area contributed by atoms with Crippen molar-refractivity contribution in [1.82, 2.24) is 9.97 Å². The van der Waals surface area contributed by atoms with E-state index in [1.54, 1.807) is 0 Å². The van der Waals surface area contributed by atoms with Crippen molar-refractivity contribution < 1.29 is 0 Å². The Labute approximate surface area is 152 Å². The molecular formula is C23H17N3. The van der Waals surface area contributed by atoms with Crippen LogP contribution in [0.25, 0.3) is 33.9 Å². The van der Waals surface area contributed by atoms with Crippen LogP contribution in [0, 0.1) is 18.3 Å². The number of aromatic amines is 1. The molecule has 3 aromatic carbocycles. The predicted molar refractivity (Wildman–Crippen MR) is 104 cm³/mol. The van der Waals surface area contributed by atoms with Gasteiger partial charge in [0, 0.05) is 16.7 Å². The zero-order chi connectivity index (χ0) is 17.9. The molecule has 0 aliphatic heterocycles. The molecule has 0 saturated heterocycles. The number of benzene rings is 3. The van der Waals surface area contributed by atoms with Crippen LogP contribution in [0.2, 0.25) is 0 Å². The summed E-state index contributed by atoms with van der Waals surface area (Å²) in [4.78, 5) is 8.34. The third kappa shape index (κ3) is 3.01. The zero-order valence-corrected chi connectivity index (χ0v) is 14.4. The van der Waals surface area contributed by atoms with Gasteiger partial charge in [-0.3, -0.25) is 0 Å². The van der Waals surface area contributed by atoms with Crippen LogP contribution in [-0.4, -0.2) is 9.97 Å². The number of hydrogen-bond donors (Lipinski definition) is 1. The van der Waals surface area contributed by atoms with Crippen molar-refractivity contribution >= 4 is 0 Å². The minimum Gasteiger partial charge on any atom is -0.337 e. The average Bonchev–Trinajstić information content (AvgIpc) is 3.15. The van der Waals surface area contributed by atoms with Gasteiger partial charge in [-0.15, -0.1) is 0 Å². The van der Waals surface area contributed by atoms with Crippen molar-refractivity contribution in [3.05, 3.63) is 90.0 Å². The van der Waals surface area contributed by atoms with E-state index in [2.05, 4.69) is 54.4 Å². The van der Waals surface area contributed by atoms with Crippen LogP contribution in [0.4, 0.5) is 0 Å². The summed E-state index contributed by atoms with van der Waals surface area (Å²) in [5, 5.41) is 8.99. The minimum absolute atomic E-state index is 0.641. The number of nitriles is 1. The number of H-pyrrole nitrogens is 1. The van der Waals surface area contributed by atoms with E-state index in [0.29, 0.717) is 5.56 Å². The number of nitrogens with zero attached hydrogens (tertiary/aromatic N) is 2. The smallest absolute Gasteiger partial charge is 0.138 e. The average molecular weight is 335 g/mol. The lowest BCUT2D eigenvalue weighted by atomic mass is 10.0. The lowest BCUT2D eigenvalue weighted by Gasteiger charge is -2.03. The lowest BCUT2D eigenvalue weighted by Crippen LogP contribution is -1.84. The van der Waals surface area contributed by atoms with Gasteiger partial charge in [-0.2, -0.15) is 5.26 Å². The molecule has 4 rings (SSSR count). The highest BCUT2D eigenvalue weighted by atomic mass is 14.9. The molecule has 1 N–H and O–H groups in total. The van der Waals surface area contributed by atoms with Crippen LogP contribution in [0.1, 0.15) is 11.1 Å². The summed E-state index contributed by atoms with van der Waals surface area (Å²) in [7, 11) is 0. The molecule has 4 aromatic rings. The van der Waals surface area contributed by atoms with Gasteiger partial charge in [0.05, 0.1) is 23.0 Å². The molecule has 124 valence electrons. The molecule has 0 radical (unpaired) electrons. The van der Waals surface area contributed by atoms with E-state index < -0.39 is 0 Å². The third-order valence-corrected chi connectivity index (χ3v) is 4.38. The maximum atomic E-state index is 8.99. The normalized spacial score (nSPS) is 10.5. The number of aryl methyl sites for hydroxylation is 1. The van der Waals surface area contributed by atoms with E-state index in [-0.39, 0.29) is 0 Å². The van der Waals surface area contributed by atoms with Gasteiger partial charge >= 0.3 is 0 Å². The summed E-state index contributed by atoms with van der Waals surface area (Å²) >= 11 is 0. The van der Waals surface area contributed by atoms with Crippen molar-refractivity contribution in [2.75, 3.05) is 0 Å². The zero-order valence-electron chi connectivity index (χ0n) is 14.4. The second kappa shape index (κ2) is 6.70. The quantitative estimate of drug-likeness (QED) is 0.530. The molecule has 3 nitrogen and oxygen atoms in total. The molecule has 0 unspecified atom stereocenters. The Morgan fingerprint density at radius 1 is 0.769 bits per heavy atom. The monoisotopic (exact) mass is 335 g/mol. The second-order valence-corrected chi connectivity index (χ2v) is 6.23. The maximum absolute atomic E-state index is 8.99. The van der Waals surface area contributed by atoms with Gasteiger partial charge in [0.2, 0.25) is 0 Å². The summed E-state index contributed by atoms with van der Waals surface area (Å²) in [6.45, 7) is 2.08. The van der Waals surface area contributed by atoms with Crippen LogP contribution < -0.4 is 0 Å². The van der Waals surface area contributed by atoms with E-state index in [1.165, 1.54) is 5.56 Å². The van der Waals surface area contributed by atoms with E-state index in [9.17, 15) is 0 Å². The Morgan fingerprint density at radius 2 is 1.42 bits per heavy atom.